The van der Waals surface area contributed by atoms with Gasteiger partial charge in [-0.15, -0.1) is 11.6 Å². The Hall–Kier alpha value is 0.760. The SMILES string of the molecule is ClCCCCCCCCCC=CCI. The van der Waals surface area contributed by atoms with Gasteiger partial charge in [0.25, 0.3) is 0 Å². The number of unbranched alkanes of at least 4 members (excludes halogenated alkanes) is 7. The van der Waals surface area contributed by atoms with Crippen molar-refractivity contribution in [3.05, 3.63) is 12.2 Å². The highest BCUT2D eigenvalue weighted by Gasteiger charge is 1.90. The molecule has 0 radical (unpaired) electrons. The van der Waals surface area contributed by atoms with E-state index in [9.17, 15) is 0 Å². The average Bonchev–Trinajstić information content (AvgIpc) is 2.21. The van der Waals surface area contributed by atoms with Gasteiger partial charge in [-0.25, -0.2) is 0 Å². The van der Waals surface area contributed by atoms with Crippen molar-refractivity contribution in [2.24, 2.45) is 0 Å². The molecule has 14 heavy (non-hydrogen) atoms. The van der Waals surface area contributed by atoms with Crippen LogP contribution in [0.1, 0.15) is 51.4 Å². The molecule has 0 aromatic rings. The van der Waals surface area contributed by atoms with Crippen LogP contribution in [0.25, 0.3) is 0 Å². The van der Waals surface area contributed by atoms with E-state index in [4.69, 9.17) is 11.6 Å². The summed E-state index contributed by atoms with van der Waals surface area (Å²) in [5.41, 5.74) is 0. The molecule has 0 saturated heterocycles. The Kier molecular flexibility index (Phi) is 14.5. The van der Waals surface area contributed by atoms with Crippen LogP contribution >= 0.6 is 34.2 Å². The first-order valence-electron chi connectivity index (χ1n) is 5.68. The molecule has 0 rings (SSSR count). The molecule has 0 N–H and O–H groups in total. The second kappa shape index (κ2) is 13.8. The molecule has 0 amide bonds. The Labute approximate surface area is 108 Å². The molecule has 0 heterocycles. The van der Waals surface area contributed by atoms with Crippen LogP contribution in [0.4, 0.5) is 0 Å². The molecule has 0 nitrogen and oxygen atoms in total. The van der Waals surface area contributed by atoms with E-state index >= 15 is 0 Å². The summed E-state index contributed by atoms with van der Waals surface area (Å²) in [6.07, 6.45) is 15.3. The van der Waals surface area contributed by atoms with Crippen LogP contribution in [0.3, 0.4) is 0 Å². The van der Waals surface area contributed by atoms with Gasteiger partial charge in [-0.3, -0.25) is 0 Å². The minimum atomic E-state index is 0.834. The predicted molar refractivity (Wildman–Crippen MR) is 75.7 cm³/mol. The van der Waals surface area contributed by atoms with E-state index in [2.05, 4.69) is 34.7 Å². The van der Waals surface area contributed by atoms with Gasteiger partial charge in [-0.2, -0.15) is 0 Å². The maximum absolute atomic E-state index is 5.60. The summed E-state index contributed by atoms with van der Waals surface area (Å²) in [6, 6.07) is 0. The summed E-state index contributed by atoms with van der Waals surface area (Å²) in [6.45, 7) is 0. The van der Waals surface area contributed by atoms with Crippen LogP contribution < -0.4 is 0 Å². The average molecular weight is 329 g/mol. The second-order valence-electron chi connectivity index (χ2n) is 3.58. The molecule has 0 atom stereocenters. The molecule has 2 heteroatoms. The smallest absolute Gasteiger partial charge is 0.0223 e. The number of allylic oxidation sites excluding steroid dienone is 2. The largest absolute Gasteiger partial charge is 0.127 e. The van der Waals surface area contributed by atoms with E-state index in [-0.39, 0.29) is 0 Å². The fourth-order valence-corrected chi connectivity index (χ4v) is 1.97. The third-order valence-corrected chi connectivity index (χ3v) is 3.04. The molecule has 84 valence electrons. The van der Waals surface area contributed by atoms with Gasteiger partial charge in [0.2, 0.25) is 0 Å². The highest BCUT2D eigenvalue weighted by molar-refractivity contribution is 14.1. The Morgan fingerprint density at radius 2 is 1.36 bits per heavy atom. The van der Waals surface area contributed by atoms with Gasteiger partial charge in [-0.1, -0.05) is 66.8 Å². The van der Waals surface area contributed by atoms with Gasteiger partial charge >= 0.3 is 0 Å². The maximum atomic E-state index is 5.60. The van der Waals surface area contributed by atoms with Crippen molar-refractivity contribution in [2.75, 3.05) is 10.3 Å². The van der Waals surface area contributed by atoms with E-state index in [0.29, 0.717) is 0 Å². The Morgan fingerprint density at radius 3 is 1.93 bits per heavy atom. The van der Waals surface area contributed by atoms with E-state index in [0.717, 1.165) is 10.3 Å². The summed E-state index contributed by atoms with van der Waals surface area (Å²) < 4.78 is 1.15. The molecule has 0 aromatic heterocycles. The lowest BCUT2D eigenvalue weighted by atomic mass is 10.1. The lowest BCUT2D eigenvalue weighted by molar-refractivity contribution is 0.593. The number of hydrogen-bond acceptors (Lipinski definition) is 0. The summed E-state index contributed by atoms with van der Waals surface area (Å²) in [4.78, 5) is 0. The number of rotatable bonds is 10. The van der Waals surface area contributed by atoms with Crippen molar-refractivity contribution in [3.8, 4) is 0 Å². The Balaban J connectivity index is 2.88. The van der Waals surface area contributed by atoms with Crippen LogP contribution in [0.2, 0.25) is 0 Å². The molecule has 0 aliphatic carbocycles. The van der Waals surface area contributed by atoms with Crippen LogP contribution in [0, 0.1) is 0 Å². The molecule has 0 aliphatic rings. The van der Waals surface area contributed by atoms with Gasteiger partial charge < -0.3 is 0 Å². The van der Waals surface area contributed by atoms with E-state index in [1.54, 1.807) is 0 Å². The third-order valence-electron chi connectivity index (χ3n) is 2.26. The van der Waals surface area contributed by atoms with Gasteiger partial charge in [0, 0.05) is 10.3 Å². The zero-order chi connectivity index (χ0) is 10.5. The first-order valence-corrected chi connectivity index (χ1v) is 7.74. The van der Waals surface area contributed by atoms with Crippen molar-refractivity contribution in [1.29, 1.82) is 0 Å². The standard InChI is InChI=1S/C12H22ClI/c13-11-9-7-5-3-1-2-4-6-8-10-12-14/h8,10H,1-7,9,11-12H2. The lowest BCUT2D eigenvalue weighted by Gasteiger charge is -1.99. The van der Waals surface area contributed by atoms with Crippen LogP contribution in [-0.2, 0) is 0 Å². The third kappa shape index (κ3) is 12.8. The Bertz CT molecular complexity index is 123. The van der Waals surface area contributed by atoms with Gasteiger partial charge in [-0.05, 0) is 19.3 Å². The van der Waals surface area contributed by atoms with Crippen LogP contribution in [0.15, 0.2) is 12.2 Å². The van der Waals surface area contributed by atoms with E-state index in [1.807, 2.05) is 0 Å². The topological polar surface area (TPSA) is 0 Å². The zero-order valence-corrected chi connectivity index (χ0v) is 11.9. The first-order chi connectivity index (χ1) is 6.91. The molecule has 0 fully saturated rings. The summed E-state index contributed by atoms with van der Waals surface area (Å²) in [5, 5.41) is 0. The van der Waals surface area contributed by atoms with Gasteiger partial charge in [0.15, 0.2) is 0 Å². The fraction of sp³-hybridized carbons (Fsp3) is 0.833. The minimum Gasteiger partial charge on any atom is -0.127 e. The zero-order valence-electron chi connectivity index (χ0n) is 8.98. The number of hydrogen-bond donors (Lipinski definition) is 0. The first kappa shape index (κ1) is 14.8. The normalized spacial score (nSPS) is 11.3. The Morgan fingerprint density at radius 1 is 0.786 bits per heavy atom. The molecular formula is C12H22ClI. The molecule has 0 aliphatic heterocycles. The van der Waals surface area contributed by atoms with Crippen molar-refractivity contribution >= 4 is 34.2 Å². The predicted octanol–water partition coefficient (Wildman–Crippen LogP) is 5.34. The quantitative estimate of drug-likeness (QED) is 0.220. The van der Waals surface area contributed by atoms with Crippen LogP contribution in [-0.4, -0.2) is 10.3 Å². The van der Waals surface area contributed by atoms with Crippen molar-refractivity contribution in [2.45, 2.75) is 51.4 Å². The molecule has 0 unspecified atom stereocenters. The number of halogens is 2. The molecule has 0 saturated carbocycles. The fourth-order valence-electron chi connectivity index (χ4n) is 1.42. The minimum absolute atomic E-state index is 0.834. The molecule has 0 aromatic carbocycles. The van der Waals surface area contributed by atoms with E-state index < -0.39 is 0 Å². The molecule has 0 bridgehead atoms. The second-order valence-corrected chi connectivity index (χ2v) is 4.84. The molecular weight excluding hydrogens is 306 g/mol. The van der Waals surface area contributed by atoms with E-state index in [1.165, 1.54) is 51.4 Å². The highest BCUT2D eigenvalue weighted by atomic mass is 127. The van der Waals surface area contributed by atoms with Crippen molar-refractivity contribution in [3.63, 3.8) is 0 Å². The van der Waals surface area contributed by atoms with Crippen molar-refractivity contribution in [1.82, 2.24) is 0 Å². The van der Waals surface area contributed by atoms with Crippen LogP contribution in [0.5, 0.6) is 0 Å². The van der Waals surface area contributed by atoms with Gasteiger partial charge in [0.1, 0.15) is 0 Å². The van der Waals surface area contributed by atoms with Crippen molar-refractivity contribution < 1.29 is 0 Å². The highest BCUT2D eigenvalue weighted by Crippen LogP contribution is 2.09. The lowest BCUT2D eigenvalue weighted by Crippen LogP contribution is -1.81. The maximum Gasteiger partial charge on any atom is 0.0223 e. The summed E-state index contributed by atoms with van der Waals surface area (Å²) in [7, 11) is 0. The number of alkyl halides is 2. The summed E-state index contributed by atoms with van der Waals surface area (Å²) in [5.74, 6) is 0.834. The molecule has 0 spiro atoms. The monoisotopic (exact) mass is 328 g/mol. The van der Waals surface area contributed by atoms with Gasteiger partial charge in [0.05, 0.1) is 0 Å². The summed E-state index contributed by atoms with van der Waals surface area (Å²) >= 11 is 7.98.